The normalized spacial score (nSPS) is 22.7. The molecule has 5 rings (SSSR count). The van der Waals surface area contributed by atoms with Crippen molar-refractivity contribution in [2.24, 2.45) is 0 Å². The number of fused-ring (bicyclic) bond motifs is 3. The van der Waals surface area contributed by atoms with Crippen LogP contribution < -0.4 is 9.75 Å². The Morgan fingerprint density at radius 2 is 1.88 bits per heavy atom. The van der Waals surface area contributed by atoms with Crippen LogP contribution in [0.4, 0.5) is 0 Å². The third-order valence-electron chi connectivity index (χ3n) is 5.16. The topological polar surface area (TPSA) is 43.2 Å². The van der Waals surface area contributed by atoms with E-state index in [9.17, 15) is 0 Å². The lowest BCUT2D eigenvalue weighted by molar-refractivity contribution is 0.410. The number of ether oxygens (including phenoxy) is 1. The molecule has 1 aromatic carbocycles. The standard InChI is InChI=1S/C18H20N4OS2/c1-23-14-9-7-13(8-10-14)17-21-15(11-24-17)25-18-20-19-16(22(18)21)12-5-3-2-4-6-12/h7-12,17H,2-6H2,1H3. The Labute approximate surface area is 155 Å². The van der Waals surface area contributed by atoms with Gasteiger partial charge in [0.15, 0.2) is 5.82 Å². The molecule has 1 aromatic heterocycles. The first-order valence-corrected chi connectivity index (χ1v) is 10.5. The Hall–Kier alpha value is -1.60. The predicted molar refractivity (Wildman–Crippen MR) is 101 cm³/mol. The van der Waals surface area contributed by atoms with Crippen LogP contribution in [0.5, 0.6) is 5.75 Å². The molecule has 0 radical (unpaired) electrons. The molecule has 0 amide bonds. The maximum absolute atomic E-state index is 5.30. The van der Waals surface area contributed by atoms with Gasteiger partial charge < -0.3 is 4.74 Å². The number of thioether (sulfide) groups is 2. The summed E-state index contributed by atoms with van der Waals surface area (Å²) in [5.74, 6) is 2.58. The molecule has 3 heterocycles. The van der Waals surface area contributed by atoms with E-state index in [1.165, 1.54) is 42.7 Å². The lowest BCUT2D eigenvalue weighted by atomic mass is 9.89. The van der Waals surface area contributed by atoms with Gasteiger partial charge in [-0.15, -0.1) is 10.2 Å². The lowest BCUT2D eigenvalue weighted by Crippen LogP contribution is -2.31. The molecule has 1 fully saturated rings. The molecule has 7 heteroatoms. The minimum atomic E-state index is 0.230. The van der Waals surface area contributed by atoms with Crippen molar-refractivity contribution in [2.45, 2.75) is 48.6 Å². The fourth-order valence-corrected chi connectivity index (χ4v) is 6.10. The van der Waals surface area contributed by atoms with Gasteiger partial charge in [0, 0.05) is 11.3 Å². The van der Waals surface area contributed by atoms with Gasteiger partial charge in [0.1, 0.15) is 16.2 Å². The van der Waals surface area contributed by atoms with Crippen molar-refractivity contribution >= 4 is 23.5 Å². The zero-order valence-corrected chi connectivity index (χ0v) is 15.7. The Balaban J connectivity index is 1.50. The first-order valence-electron chi connectivity index (χ1n) is 8.77. The molecule has 0 N–H and O–H groups in total. The van der Waals surface area contributed by atoms with Crippen molar-refractivity contribution in [3.8, 4) is 5.75 Å². The first kappa shape index (κ1) is 15.6. The lowest BCUT2D eigenvalue weighted by Gasteiger charge is -2.28. The van der Waals surface area contributed by atoms with Crippen LogP contribution in [0.3, 0.4) is 0 Å². The maximum atomic E-state index is 5.30. The van der Waals surface area contributed by atoms with E-state index < -0.39 is 0 Å². The van der Waals surface area contributed by atoms with Gasteiger partial charge in [0.2, 0.25) is 5.16 Å². The van der Waals surface area contributed by atoms with Gasteiger partial charge in [0.05, 0.1) is 7.11 Å². The molecule has 3 aliphatic rings. The second-order valence-corrected chi connectivity index (χ2v) is 8.59. The van der Waals surface area contributed by atoms with E-state index in [1.807, 2.05) is 23.9 Å². The van der Waals surface area contributed by atoms with Crippen molar-refractivity contribution in [1.82, 2.24) is 14.9 Å². The largest absolute Gasteiger partial charge is 0.497 e. The summed E-state index contributed by atoms with van der Waals surface area (Å²) in [4.78, 5) is 0. The molecular formula is C18H20N4OS2. The fraction of sp³-hybridized carbons (Fsp3) is 0.444. The highest BCUT2D eigenvalue weighted by Crippen LogP contribution is 2.52. The van der Waals surface area contributed by atoms with Gasteiger partial charge in [-0.05, 0) is 42.3 Å². The fourth-order valence-electron chi connectivity index (χ4n) is 3.86. The monoisotopic (exact) mass is 372 g/mol. The number of nitrogens with zero attached hydrogens (tertiary/aromatic N) is 4. The number of hydrogen-bond acceptors (Lipinski definition) is 6. The SMILES string of the molecule is COc1ccc(C2SC=C3Sc4nnc(C5CCCCC5)n4N32)cc1. The van der Waals surface area contributed by atoms with Crippen LogP contribution in [0.2, 0.25) is 0 Å². The molecule has 25 heavy (non-hydrogen) atoms. The minimum absolute atomic E-state index is 0.230. The third-order valence-corrected chi connectivity index (χ3v) is 7.35. The zero-order valence-electron chi connectivity index (χ0n) is 14.1. The van der Waals surface area contributed by atoms with E-state index in [-0.39, 0.29) is 5.37 Å². The molecule has 0 saturated heterocycles. The molecular weight excluding hydrogens is 352 g/mol. The van der Waals surface area contributed by atoms with Crippen LogP contribution in [0.25, 0.3) is 0 Å². The number of aromatic nitrogens is 3. The van der Waals surface area contributed by atoms with Gasteiger partial charge >= 0.3 is 0 Å². The quantitative estimate of drug-likeness (QED) is 0.783. The molecule has 2 aliphatic heterocycles. The van der Waals surface area contributed by atoms with Crippen LogP contribution in [0.1, 0.15) is 54.8 Å². The Morgan fingerprint density at radius 3 is 2.64 bits per heavy atom. The summed E-state index contributed by atoms with van der Waals surface area (Å²) in [6, 6.07) is 8.37. The summed E-state index contributed by atoms with van der Waals surface area (Å²) in [5, 5.41) is 16.2. The van der Waals surface area contributed by atoms with Gasteiger partial charge in [-0.3, -0.25) is 5.01 Å². The molecule has 1 unspecified atom stereocenters. The number of methoxy groups -OCH3 is 1. The minimum Gasteiger partial charge on any atom is -0.497 e. The number of hydrogen-bond donors (Lipinski definition) is 0. The summed E-state index contributed by atoms with van der Waals surface area (Å²) < 4.78 is 7.58. The van der Waals surface area contributed by atoms with Crippen molar-refractivity contribution in [1.29, 1.82) is 0 Å². The van der Waals surface area contributed by atoms with Gasteiger partial charge in [-0.1, -0.05) is 43.2 Å². The summed E-state index contributed by atoms with van der Waals surface area (Å²) in [5.41, 5.74) is 1.27. The molecule has 0 spiro atoms. The maximum Gasteiger partial charge on any atom is 0.216 e. The predicted octanol–water partition coefficient (Wildman–Crippen LogP) is 4.62. The van der Waals surface area contributed by atoms with E-state index >= 15 is 0 Å². The molecule has 1 atom stereocenters. The Morgan fingerprint density at radius 1 is 1.08 bits per heavy atom. The summed E-state index contributed by atoms with van der Waals surface area (Å²) in [7, 11) is 1.70. The average Bonchev–Trinajstić information content (AvgIpc) is 3.34. The van der Waals surface area contributed by atoms with E-state index in [0.29, 0.717) is 5.92 Å². The molecule has 130 valence electrons. The van der Waals surface area contributed by atoms with Gasteiger partial charge in [0.25, 0.3) is 0 Å². The van der Waals surface area contributed by atoms with E-state index in [2.05, 4.69) is 37.4 Å². The van der Waals surface area contributed by atoms with E-state index in [1.54, 1.807) is 18.9 Å². The van der Waals surface area contributed by atoms with Crippen molar-refractivity contribution in [3.05, 3.63) is 46.1 Å². The summed E-state index contributed by atoms with van der Waals surface area (Å²) in [6.45, 7) is 0. The summed E-state index contributed by atoms with van der Waals surface area (Å²) >= 11 is 3.58. The second-order valence-electron chi connectivity index (χ2n) is 6.65. The number of benzene rings is 1. The van der Waals surface area contributed by atoms with Crippen LogP contribution in [0, 0.1) is 0 Å². The molecule has 0 bridgehead atoms. The molecule has 2 aromatic rings. The second kappa shape index (κ2) is 6.29. The van der Waals surface area contributed by atoms with Crippen LogP contribution in [-0.4, -0.2) is 22.0 Å². The highest BCUT2D eigenvalue weighted by molar-refractivity contribution is 8.07. The van der Waals surface area contributed by atoms with Crippen molar-refractivity contribution in [3.63, 3.8) is 0 Å². The third kappa shape index (κ3) is 2.56. The average molecular weight is 373 g/mol. The van der Waals surface area contributed by atoms with Crippen LogP contribution in [-0.2, 0) is 0 Å². The molecule has 5 nitrogen and oxygen atoms in total. The highest BCUT2D eigenvalue weighted by atomic mass is 32.2. The van der Waals surface area contributed by atoms with E-state index in [4.69, 9.17) is 4.74 Å². The molecule has 1 aliphatic carbocycles. The highest BCUT2D eigenvalue weighted by Gasteiger charge is 2.40. The zero-order chi connectivity index (χ0) is 16.8. The van der Waals surface area contributed by atoms with Gasteiger partial charge in [-0.25, -0.2) is 4.68 Å². The Bertz CT molecular complexity index is 811. The first-order chi connectivity index (χ1) is 12.3. The van der Waals surface area contributed by atoms with Gasteiger partial charge in [-0.2, -0.15) is 0 Å². The molecule has 1 saturated carbocycles. The smallest absolute Gasteiger partial charge is 0.216 e. The van der Waals surface area contributed by atoms with Crippen LogP contribution in [0.15, 0.2) is 39.9 Å². The number of rotatable bonds is 3. The Kier molecular flexibility index (Phi) is 3.93. The van der Waals surface area contributed by atoms with E-state index in [0.717, 1.165) is 16.7 Å². The van der Waals surface area contributed by atoms with Crippen LogP contribution >= 0.6 is 23.5 Å². The van der Waals surface area contributed by atoms with Crippen molar-refractivity contribution < 1.29 is 4.74 Å². The van der Waals surface area contributed by atoms with Crippen molar-refractivity contribution in [2.75, 3.05) is 12.1 Å². The summed E-state index contributed by atoms with van der Waals surface area (Å²) in [6.07, 6.45) is 6.43.